The average molecular weight is 379 g/mol. The van der Waals surface area contributed by atoms with Crippen LogP contribution in [0.25, 0.3) is 0 Å². The Balaban J connectivity index is 2.64. The molecule has 22 heavy (non-hydrogen) atoms. The van der Waals surface area contributed by atoms with Crippen LogP contribution in [0, 0.1) is 0 Å². The SMILES string of the molecule is CC(C)OP(=S)(OC(C)C)SCSC(C)(C)c1ccccc1. The van der Waals surface area contributed by atoms with E-state index in [1.54, 1.807) is 11.4 Å². The number of hydrogen-bond donors (Lipinski definition) is 0. The minimum atomic E-state index is -2.28. The van der Waals surface area contributed by atoms with Crippen molar-refractivity contribution in [3.05, 3.63) is 35.9 Å². The summed E-state index contributed by atoms with van der Waals surface area (Å²) in [6, 6.07) is 10.6. The van der Waals surface area contributed by atoms with E-state index in [0.717, 1.165) is 5.08 Å². The van der Waals surface area contributed by atoms with Crippen molar-refractivity contribution in [2.24, 2.45) is 0 Å². The summed E-state index contributed by atoms with van der Waals surface area (Å²) in [5, 5.41) is 0.860. The molecule has 1 rings (SSSR count). The monoisotopic (exact) mass is 378 g/mol. The van der Waals surface area contributed by atoms with Gasteiger partial charge in [0.25, 0.3) is 0 Å². The largest absolute Gasteiger partial charge is 0.319 e. The molecule has 6 heteroatoms. The molecule has 0 fully saturated rings. The molecule has 0 aromatic heterocycles. The Kier molecular flexibility index (Phi) is 8.49. The molecule has 0 spiro atoms. The summed E-state index contributed by atoms with van der Waals surface area (Å²) in [5.41, 5.74) is -0.957. The second-order valence-electron chi connectivity index (χ2n) is 6.02. The van der Waals surface area contributed by atoms with Gasteiger partial charge in [0.15, 0.2) is 0 Å². The maximum Gasteiger partial charge on any atom is 0.248 e. The normalized spacial score (nSPS) is 13.1. The third-order valence-electron chi connectivity index (χ3n) is 2.78. The number of thioether (sulfide) groups is 1. The van der Waals surface area contributed by atoms with E-state index in [-0.39, 0.29) is 17.0 Å². The first-order valence-corrected chi connectivity index (χ1v) is 12.7. The first kappa shape index (κ1) is 20.5. The predicted molar refractivity (Wildman–Crippen MR) is 106 cm³/mol. The number of hydrogen-bond acceptors (Lipinski definition) is 5. The summed E-state index contributed by atoms with van der Waals surface area (Å²) in [4.78, 5) is 0. The maximum atomic E-state index is 5.92. The lowest BCUT2D eigenvalue weighted by Crippen LogP contribution is -2.12. The molecule has 2 nitrogen and oxygen atoms in total. The highest BCUT2D eigenvalue weighted by Gasteiger charge is 2.26. The molecule has 126 valence electrons. The van der Waals surface area contributed by atoms with Crippen LogP contribution in [-0.2, 0) is 25.6 Å². The van der Waals surface area contributed by atoms with E-state index in [1.165, 1.54) is 5.56 Å². The van der Waals surface area contributed by atoms with Gasteiger partial charge in [-0.1, -0.05) is 41.7 Å². The summed E-state index contributed by atoms with van der Waals surface area (Å²) in [6.07, 6.45) is 0.174. The van der Waals surface area contributed by atoms with Crippen molar-refractivity contribution in [1.29, 1.82) is 0 Å². The molecule has 0 saturated carbocycles. The minimum Gasteiger partial charge on any atom is -0.319 e. The van der Waals surface area contributed by atoms with Crippen molar-refractivity contribution < 1.29 is 9.05 Å². The smallest absolute Gasteiger partial charge is 0.248 e. The summed E-state index contributed by atoms with van der Waals surface area (Å²) < 4.78 is 11.9. The van der Waals surface area contributed by atoms with E-state index in [0.29, 0.717) is 0 Å². The fourth-order valence-corrected chi connectivity index (χ4v) is 10.4. The second kappa shape index (κ2) is 9.10. The summed E-state index contributed by atoms with van der Waals surface area (Å²) in [7, 11) is 0. The zero-order valence-corrected chi connectivity index (χ0v) is 17.6. The highest BCUT2D eigenvalue weighted by Crippen LogP contribution is 2.64. The van der Waals surface area contributed by atoms with Gasteiger partial charge in [-0.3, -0.25) is 0 Å². The molecule has 0 aliphatic carbocycles. The average Bonchev–Trinajstić information content (AvgIpc) is 2.37. The molecule has 0 radical (unpaired) electrons. The molecule has 0 bridgehead atoms. The molecule has 0 amide bonds. The Hall–Kier alpha value is 0.490. The lowest BCUT2D eigenvalue weighted by molar-refractivity contribution is 0.186. The van der Waals surface area contributed by atoms with E-state index in [9.17, 15) is 0 Å². The Bertz CT molecular complexity index is 475. The van der Waals surface area contributed by atoms with E-state index in [2.05, 4.69) is 38.1 Å². The van der Waals surface area contributed by atoms with Gasteiger partial charge >= 0.3 is 0 Å². The second-order valence-corrected chi connectivity index (χ2v) is 14.2. The molecular formula is C16H27O2PS3. The third-order valence-corrected chi connectivity index (χ3v) is 10.2. The molecule has 1 aromatic rings. The summed E-state index contributed by atoms with van der Waals surface area (Å²) in [6.45, 7) is 12.5. The van der Waals surface area contributed by atoms with Crippen LogP contribution in [0.4, 0.5) is 0 Å². The maximum absolute atomic E-state index is 5.92. The van der Waals surface area contributed by atoms with Crippen LogP contribution in [0.3, 0.4) is 0 Å². The van der Waals surface area contributed by atoms with Gasteiger partial charge < -0.3 is 9.05 Å². The van der Waals surface area contributed by atoms with E-state index in [4.69, 9.17) is 20.9 Å². The van der Waals surface area contributed by atoms with Gasteiger partial charge in [-0.05, 0) is 58.9 Å². The van der Waals surface area contributed by atoms with Crippen LogP contribution in [0.5, 0.6) is 0 Å². The van der Waals surface area contributed by atoms with Crippen LogP contribution in [0.1, 0.15) is 47.1 Å². The van der Waals surface area contributed by atoms with Gasteiger partial charge in [-0.15, -0.1) is 11.8 Å². The van der Waals surface area contributed by atoms with Gasteiger partial charge in [0, 0.05) is 9.83 Å². The zero-order valence-electron chi connectivity index (χ0n) is 14.2. The van der Waals surface area contributed by atoms with Gasteiger partial charge in [0.2, 0.25) is 5.69 Å². The van der Waals surface area contributed by atoms with E-state index >= 15 is 0 Å². The Morgan fingerprint density at radius 1 is 1.05 bits per heavy atom. The molecule has 0 unspecified atom stereocenters. The van der Waals surface area contributed by atoms with Gasteiger partial charge in [0.05, 0.1) is 12.2 Å². The van der Waals surface area contributed by atoms with Crippen molar-refractivity contribution >= 4 is 40.6 Å². The van der Waals surface area contributed by atoms with E-state index < -0.39 is 5.69 Å². The summed E-state index contributed by atoms with van der Waals surface area (Å²) >= 11 is 9.20. The molecule has 0 aliphatic heterocycles. The fourth-order valence-electron chi connectivity index (χ4n) is 1.76. The molecule has 0 saturated heterocycles. The van der Waals surface area contributed by atoms with Crippen molar-refractivity contribution in [3.63, 3.8) is 0 Å². The number of benzene rings is 1. The molecule has 0 N–H and O–H groups in total. The molecule has 1 aromatic carbocycles. The lowest BCUT2D eigenvalue weighted by atomic mass is 10.0. The number of rotatable bonds is 9. The molecule has 0 atom stereocenters. The van der Waals surface area contributed by atoms with Crippen molar-refractivity contribution in [3.8, 4) is 0 Å². The van der Waals surface area contributed by atoms with Gasteiger partial charge in [-0.2, -0.15) is 0 Å². The van der Waals surface area contributed by atoms with Crippen molar-refractivity contribution in [2.75, 3.05) is 5.08 Å². The van der Waals surface area contributed by atoms with Crippen molar-refractivity contribution in [1.82, 2.24) is 0 Å². The topological polar surface area (TPSA) is 18.5 Å². The molecule has 0 aliphatic rings. The van der Waals surface area contributed by atoms with Crippen LogP contribution < -0.4 is 0 Å². The van der Waals surface area contributed by atoms with Gasteiger partial charge in [0.1, 0.15) is 0 Å². The fraction of sp³-hybridized carbons (Fsp3) is 0.625. The molecule has 0 heterocycles. The standard InChI is InChI=1S/C16H27O2PS3/c1-13(2)17-19(20,18-14(3)4)22-12-21-16(5,6)15-10-8-7-9-11-15/h7-11,13-14H,12H2,1-6H3. The quantitative estimate of drug-likeness (QED) is 0.363. The first-order chi connectivity index (χ1) is 10.1. The molecular weight excluding hydrogens is 351 g/mol. The zero-order chi connectivity index (χ0) is 16.8. The minimum absolute atomic E-state index is 0.0457. The van der Waals surface area contributed by atoms with Crippen LogP contribution >= 0.6 is 28.8 Å². The Morgan fingerprint density at radius 2 is 1.55 bits per heavy atom. The first-order valence-electron chi connectivity index (χ1n) is 7.45. The Morgan fingerprint density at radius 3 is 2.00 bits per heavy atom. The van der Waals surface area contributed by atoms with Crippen LogP contribution in [0.2, 0.25) is 0 Å². The predicted octanol–water partition coefficient (Wildman–Crippen LogP) is 6.42. The lowest BCUT2D eigenvalue weighted by Gasteiger charge is -2.28. The summed E-state index contributed by atoms with van der Waals surface area (Å²) in [5.74, 6) is 0. The Labute approximate surface area is 149 Å². The highest BCUT2D eigenvalue weighted by molar-refractivity contribution is 8.69. The van der Waals surface area contributed by atoms with E-state index in [1.807, 2.05) is 45.5 Å². The third kappa shape index (κ3) is 7.37. The van der Waals surface area contributed by atoms with Crippen molar-refractivity contribution in [2.45, 2.75) is 58.5 Å². The van der Waals surface area contributed by atoms with Gasteiger partial charge in [-0.25, -0.2) is 0 Å². The highest BCUT2D eigenvalue weighted by atomic mass is 32.9. The van der Waals surface area contributed by atoms with Crippen LogP contribution in [0.15, 0.2) is 30.3 Å². The van der Waals surface area contributed by atoms with Crippen LogP contribution in [-0.4, -0.2) is 17.3 Å².